The highest BCUT2D eigenvalue weighted by Crippen LogP contribution is 2.47. The van der Waals surface area contributed by atoms with Crippen LogP contribution in [0.25, 0.3) is 0 Å². The number of carbonyl (C=O) groups excluding carboxylic acids is 2. The largest absolute Gasteiger partial charge is 0.490 e. The fourth-order valence-electron chi connectivity index (χ4n) is 8.40. The number of nitrogens with one attached hydrogen (secondary N) is 1. The number of hydrogen-bond donors (Lipinski definition) is 2. The zero-order valence-electron chi connectivity index (χ0n) is 30.8. The fraction of sp³-hybridized carbons (Fsp3) is 0.513. The average molecular weight is 766 g/mol. The van der Waals surface area contributed by atoms with Crippen LogP contribution in [0.1, 0.15) is 71.4 Å². The molecule has 0 saturated heterocycles. The van der Waals surface area contributed by atoms with Crippen molar-refractivity contribution in [2.24, 2.45) is 29.2 Å². The zero-order valence-corrected chi connectivity index (χ0v) is 32.4. The van der Waals surface area contributed by atoms with Gasteiger partial charge in [-0.2, -0.15) is 0 Å². The van der Waals surface area contributed by atoms with E-state index in [1.54, 1.807) is 52.3 Å². The van der Waals surface area contributed by atoms with Gasteiger partial charge in [0.05, 0.1) is 36.9 Å². The minimum Gasteiger partial charge on any atom is -0.490 e. The maximum absolute atomic E-state index is 14.7. The molecule has 1 unspecified atom stereocenters. The number of nitrogens with zero attached hydrogens (tertiary/aromatic N) is 4. The summed E-state index contributed by atoms with van der Waals surface area (Å²) in [6.07, 6.45) is 9.58. The molecule has 3 heterocycles. The van der Waals surface area contributed by atoms with E-state index in [4.69, 9.17) is 25.8 Å². The Labute approximate surface area is 316 Å². The molecule has 2 aliphatic carbocycles. The third kappa shape index (κ3) is 7.33. The molecular formula is C39H48ClN5O7S. The van der Waals surface area contributed by atoms with Crippen LogP contribution in [0.15, 0.2) is 59.1 Å². The van der Waals surface area contributed by atoms with Crippen LogP contribution in [0.2, 0.25) is 5.02 Å². The van der Waals surface area contributed by atoms with Crippen molar-refractivity contribution in [2.45, 2.75) is 63.1 Å². The summed E-state index contributed by atoms with van der Waals surface area (Å²) >= 11 is 6.46. The van der Waals surface area contributed by atoms with E-state index in [0.717, 1.165) is 37.8 Å². The second-order valence-corrected chi connectivity index (χ2v) is 17.8. The van der Waals surface area contributed by atoms with E-state index in [1.165, 1.54) is 29.1 Å². The maximum atomic E-state index is 14.7. The van der Waals surface area contributed by atoms with Crippen molar-refractivity contribution in [3.63, 3.8) is 0 Å². The second-order valence-electron chi connectivity index (χ2n) is 15.3. The molecular weight excluding hydrogens is 718 g/mol. The Morgan fingerprint density at radius 2 is 2.00 bits per heavy atom. The van der Waals surface area contributed by atoms with Gasteiger partial charge in [0.1, 0.15) is 21.2 Å². The summed E-state index contributed by atoms with van der Waals surface area (Å²) in [5, 5.41) is 16.5. The van der Waals surface area contributed by atoms with Crippen LogP contribution < -0.4 is 19.1 Å². The Balaban J connectivity index is 1.33. The smallest absolute Gasteiger partial charge is 0.286 e. The van der Waals surface area contributed by atoms with E-state index < -0.39 is 33.2 Å². The molecule has 4 aliphatic rings. The molecule has 7 rings (SSSR count). The lowest BCUT2D eigenvalue weighted by atomic mass is 9.68. The van der Waals surface area contributed by atoms with E-state index in [1.807, 2.05) is 12.1 Å². The molecule has 2 amide bonds. The van der Waals surface area contributed by atoms with Crippen molar-refractivity contribution < 1.29 is 33.1 Å². The summed E-state index contributed by atoms with van der Waals surface area (Å²) < 4.78 is 40.8. The summed E-state index contributed by atoms with van der Waals surface area (Å²) in [6, 6.07) is 11.3. The molecule has 0 radical (unpaired) electrons. The molecule has 1 saturated carbocycles. The van der Waals surface area contributed by atoms with E-state index in [9.17, 15) is 18.9 Å². The number of anilines is 1. The Morgan fingerprint density at radius 3 is 2.74 bits per heavy atom. The number of hydrogen-bond acceptors (Lipinski definition) is 9. The fourth-order valence-corrected chi connectivity index (χ4v) is 10.6. The summed E-state index contributed by atoms with van der Waals surface area (Å²) in [4.78, 5) is 30.0. The van der Waals surface area contributed by atoms with E-state index in [2.05, 4.69) is 31.2 Å². The number of halogens is 1. The number of fused-ring (bicyclic) bond motifs is 4. The number of rotatable bonds is 4. The highest BCUT2D eigenvalue weighted by atomic mass is 35.5. The minimum atomic E-state index is -3.82. The van der Waals surface area contributed by atoms with Crippen molar-refractivity contribution in [3.8, 4) is 11.6 Å². The van der Waals surface area contributed by atoms with E-state index >= 15 is 0 Å². The number of aryl methyl sites for hydroxylation is 2. The third-order valence-electron chi connectivity index (χ3n) is 11.7. The number of ether oxygens (including phenoxy) is 3. The predicted octanol–water partition coefficient (Wildman–Crippen LogP) is 5.51. The second kappa shape index (κ2) is 14.4. The number of carbonyl (C=O) groups is 2. The molecule has 14 heteroatoms. The van der Waals surface area contributed by atoms with Gasteiger partial charge in [-0.25, -0.2) is 4.21 Å². The van der Waals surface area contributed by atoms with Gasteiger partial charge in [-0.3, -0.25) is 19.0 Å². The first-order valence-electron chi connectivity index (χ1n) is 18.2. The molecule has 2 N–H and O–H groups in total. The number of amides is 2. The van der Waals surface area contributed by atoms with Gasteiger partial charge in [0, 0.05) is 55.4 Å². The number of aromatic nitrogens is 2. The summed E-state index contributed by atoms with van der Waals surface area (Å²) in [7, 11) is 0.856. The Hall–Kier alpha value is -3.91. The molecule has 1 spiro atoms. The number of benzene rings is 2. The lowest BCUT2D eigenvalue weighted by Gasteiger charge is -2.46. The maximum Gasteiger partial charge on any atom is 0.286 e. The minimum absolute atomic E-state index is 0.0303. The molecule has 1 fully saturated rings. The van der Waals surface area contributed by atoms with Crippen molar-refractivity contribution in [1.82, 2.24) is 14.5 Å². The molecule has 7 atom stereocenters. The van der Waals surface area contributed by atoms with E-state index in [-0.39, 0.29) is 46.1 Å². The summed E-state index contributed by atoms with van der Waals surface area (Å²) in [6.45, 7) is 5.15. The zero-order chi connectivity index (χ0) is 37.7. The van der Waals surface area contributed by atoms with Gasteiger partial charge in [-0.15, -0.1) is 9.46 Å². The van der Waals surface area contributed by atoms with Gasteiger partial charge in [-0.05, 0) is 92.3 Å². The topological polar surface area (TPSA) is 145 Å². The first-order valence-corrected chi connectivity index (χ1v) is 20.2. The predicted molar refractivity (Wildman–Crippen MR) is 203 cm³/mol. The van der Waals surface area contributed by atoms with Crippen LogP contribution >= 0.6 is 11.6 Å². The van der Waals surface area contributed by atoms with Crippen LogP contribution in [0.4, 0.5) is 5.69 Å². The normalized spacial score (nSPS) is 31.9. The third-order valence-corrected chi connectivity index (χ3v) is 13.9. The Kier molecular flexibility index (Phi) is 10.2. The molecule has 2 aromatic carbocycles. The lowest BCUT2D eigenvalue weighted by molar-refractivity contribution is 0.0101. The molecule has 1 aromatic heterocycles. The SMILES string of the molecule is COc1nn(C)cc1C(=O)NS1(=O)=NC(=O)c2ccc3c(c2)N(C[C@@H]2CC[C@H]2[C@H](OC)/C=C/[C@@](C)(O)[C@H](C)C1)C[C@@]1(CCCc2cc(Cl)ccc21)CO3. The molecule has 53 heavy (non-hydrogen) atoms. The number of methoxy groups -OCH3 is 2. The monoisotopic (exact) mass is 765 g/mol. The Morgan fingerprint density at radius 1 is 1.19 bits per heavy atom. The van der Waals surface area contributed by atoms with Gasteiger partial charge in [0.25, 0.3) is 11.8 Å². The van der Waals surface area contributed by atoms with Crippen LogP contribution in [-0.2, 0) is 33.5 Å². The van der Waals surface area contributed by atoms with Crippen molar-refractivity contribution in [1.29, 1.82) is 0 Å². The highest BCUT2D eigenvalue weighted by molar-refractivity contribution is 7.92. The van der Waals surface area contributed by atoms with E-state index in [0.29, 0.717) is 30.5 Å². The molecule has 284 valence electrons. The van der Waals surface area contributed by atoms with Crippen molar-refractivity contribution >= 4 is 39.0 Å². The molecule has 2 bridgehead atoms. The molecule has 2 aliphatic heterocycles. The van der Waals surface area contributed by atoms with Gasteiger partial charge in [-0.1, -0.05) is 36.7 Å². The van der Waals surface area contributed by atoms with Crippen LogP contribution in [-0.4, -0.2) is 82.3 Å². The summed E-state index contributed by atoms with van der Waals surface area (Å²) in [5.74, 6) is -1.41. The average Bonchev–Trinajstić information content (AvgIpc) is 3.43. The van der Waals surface area contributed by atoms with Gasteiger partial charge < -0.3 is 24.2 Å². The number of aliphatic hydroxyl groups is 1. The standard InChI is InChI=1S/C39H48ClN5O7S/c1-24-21-53(49,43-36(47)30-20-44(3)41-37(30)51-5)42-35(46)26-9-13-34-32(18-26)45(19-27-8-11-29(27)33(50-4)14-16-38(24,2)48)22-39(23-52-34)15-6-7-25-17-28(40)10-12-31(25)39/h9-10,12-14,16-18,20,24,27,29,33,48H,6-8,11,15,19,21-23H2,1-5H3,(H,42,43,46,47,49)/b16-14+/t24-,27+,29-,33-,38-,39+,53?/m1/s1. The first kappa shape index (κ1) is 37.4. The highest BCUT2D eigenvalue weighted by Gasteiger charge is 2.45. The van der Waals surface area contributed by atoms with Gasteiger partial charge in [0.2, 0.25) is 5.88 Å². The molecule has 3 aromatic rings. The molecule has 12 nitrogen and oxygen atoms in total. The van der Waals surface area contributed by atoms with Gasteiger partial charge >= 0.3 is 0 Å². The van der Waals surface area contributed by atoms with Crippen LogP contribution in [0, 0.1) is 17.8 Å². The lowest BCUT2D eigenvalue weighted by Crippen LogP contribution is -2.49. The van der Waals surface area contributed by atoms with Crippen molar-refractivity contribution in [2.75, 3.05) is 44.6 Å². The van der Waals surface area contributed by atoms with Crippen LogP contribution in [0.3, 0.4) is 0 Å². The Bertz CT molecular complexity index is 2070. The first-order chi connectivity index (χ1) is 25.2. The quantitative estimate of drug-likeness (QED) is 0.329. The van der Waals surface area contributed by atoms with Gasteiger partial charge in [0.15, 0.2) is 0 Å². The van der Waals surface area contributed by atoms with Crippen LogP contribution in [0.5, 0.6) is 11.6 Å². The van der Waals surface area contributed by atoms with Crippen molar-refractivity contribution in [3.05, 3.63) is 82.0 Å². The summed E-state index contributed by atoms with van der Waals surface area (Å²) in [5.41, 5.74) is 1.67.